The van der Waals surface area contributed by atoms with E-state index in [1.165, 1.54) is 40.5 Å². The highest BCUT2D eigenvalue weighted by molar-refractivity contribution is 5.87. The number of halogens is 1. The van der Waals surface area contributed by atoms with Gasteiger partial charge in [-0.3, -0.25) is 9.69 Å². The Hall–Kier alpha value is -3.73. The fraction of sp³-hybridized carbons (Fsp3) is 0.267. The van der Waals surface area contributed by atoms with E-state index >= 15 is 0 Å². The average Bonchev–Trinajstić information content (AvgIpc) is 3.20. The van der Waals surface area contributed by atoms with Gasteiger partial charge in [0.25, 0.3) is 0 Å². The summed E-state index contributed by atoms with van der Waals surface area (Å²) in [6, 6.07) is 20.7. The van der Waals surface area contributed by atoms with Gasteiger partial charge in [0.05, 0.1) is 6.04 Å². The van der Waals surface area contributed by atoms with Crippen LogP contribution < -0.4 is 0 Å². The van der Waals surface area contributed by atoms with Crippen molar-refractivity contribution < 1.29 is 18.7 Å². The van der Waals surface area contributed by atoms with E-state index in [0.717, 1.165) is 31.1 Å². The highest BCUT2D eigenvalue weighted by Crippen LogP contribution is 2.45. The number of ether oxygens (including phenoxy) is 1. The third-order valence-corrected chi connectivity index (χ3v) is 7.67. The second-order valence-electron chi connectivity index (χ2n) is 9.61. The van der Waals surface area contributed by atoms with Crippen molar-refractivity contribution in [1.29, 1.82) is 0 Å². The van der Waals surface area contributed by atoms with Gasteiger partial charge in [-0.05, 0) is 77.3 Å². The van der Waals surface area contributed by atoms with Crippen molar-refractivity contribution in [3.8, 4) is 11.1 Å². The Bertz CT molecular complexity index is 1300. The van der Waals surface area contributed by atoms with Gasteiger partial charge in [0, 0.05) is 17.5 Å². The van der Waals surface area contributed by atoms with E-state index in [4.69, 9.17) is 4.74 Å². The lowest BCUT2D eigenvalue weighted by atomic mass is 9.82. The lowest BCUT2D eigenvalue weighted by Gasteiger charge is -2.44. The molecule has 1 aliphatic carbocycles. The molecular formula is C30H26FNO3. The zero-order valence-electron chi connectivity index (χ0n) is 19.3. The SMILES string of the molecule is O=Cc1ccc(F)cc1C1=CC2CCCC(C1)N2C(=O)OCC1c2ccccc2-c2ccccc21. The summed E-state index contributed by atoms with van der Waals surface area (Å²) in [6.07, 6.45) is 5.80. The van der Waals surface area contributed by atoms with E-state index in [1.54, 1.807) is 0 Å². The van der Waals surface area contributed by atoms with Gasteiger partial charge in [0.15, 0.2) is 6.29 Å². The lowest BCUT2D eigenvalue weighted by Crippen LogP contribution is -2.52. The number of carbonyl (C=O) groups is 2. The molecular weight excluding hydrogens is 441 g/mol. The number of amides is 1. The minimum atomic E-state index is -0.365. The predicted molar refractivity (Wildman–Crippen MR) is 133 cm³/mol. The van der Waals surface area contributed by atoms with Crippen LogP contribution in [-0.2, 0) is 4.74 Å². The second-order valence-corrected chi connectivity index (χ2v) is 9.61. The third kappa shape index (κ3) is 3.75. The Labute approximate surface area is 204 Å². The van der Waals surface area contributed by atoms with Gasteiger partial charge in [0.1, 0.15) is 12.4 Å². The van der Waals surface area contributed by atoms with Crippen LogP contribution in [0.25, 0.3) is 16.7 Å². The van der Waals surface area contributed by atoms with Crippen LogP contribution in [0.1, 0.15) is 58.6 Å². The van der Waals surface area contributed by atoms with Crippen LogP contribution in [0.3, 0.4) is 0 Å². The minimum absolute atomic E-state index is 0.0181. The first-order valence-corrected chi connectivity index (χ1v) is 12.2. The molecule has 176 valence electrons. The number of nitrogens with zero attached hydrogens (tertiary/aromatic N) is 1. The molecule has 2 aliphatic heterocycles. The molecule has 1 fully saturated rings. The summed E-state index contributed by atoms with van der Waals surface area (Å²) in [7, 11) is 0. The first kappa shape index (κ1) is 21.8. The Balaban J connectivity index is 1.24. The Kier molecular flexibility index (Phi) is 5.48. The molecule has 3 aliphatic rings. The Morgan fingerprint density at radius 3 is 2.37 bits per heavy atom. The van der Waals surface area contributed by atoms with Crippen molar-refractivity contribution in [1.82, 2.24) is 4.90 Å². The van der Waals surface area contributed by atoms with Crippen LogP contribution in [-0.4, -0.2) is 36.0 Å². The molecule has 1 saturated heterocycles. The van der Waals surface area contributed by atoms with Gasteiger partial charge in [0.2, 0.25) is 0 Å². The summed E-state index contributed by atoms with van der Waals surface area (Å²) < 4.78 is 19.9. The van der Waals surface area contributed by atoms with E-state index in [0.29, 0.717) is 24.2 Å². The molecule has 2 heterocycles. The van der Waals surface area contributed by atoms with Crippen molar-refractivity contribution in [2.45, 2.75) is 43.7 Å². The number of fused-ring (bicyclic) bond motifs is 5. The molecule has 0 N–H and O–H groups in total. The van der Waals surface area contributed by atoms with Crippen LogP contribution in [0.4, 0.5) is 9.18 Å². The summed E-state index contributed by atoms with van der Waals surface area (Å²) in [6.45, 7) is 0.290. The molecule has 4 nitrogen and oxygen atoms in total. The van der Waals surface area contributed by atoms with Crippen molar-refractivity contribution >= 4 is 18.0 Å². The molecule has 0 spiro atoms. The molecule has 0 radical (unpaired) electrons. The number of hydrogen-bond donors (Lipinski definition) is 0. The topological polar surface area (TPSA) is 46.6 Å². The summed E-state index contributed by atoms with van der Waals surface area (Å²) in [4.78, 5) is 26.8. The summed E-state index contributed by atoms with van der Waals surface area (Å²) >= 11 is 0. The fourth-order valence-corrected chi connectivity index (χ4v) is 6.09. The minimum Gasteiger partial charge on any atom is -0.448 e. The smallest absolute Gasteiger partial charge is 0.410 e. The largest absolute Gasteiger partial charge is 0.448 e. The molecule has 2 bridgehead atoms. The zero-order chi connectivity index (χ0) is 23.9. The first-order chi connectivity index (χ1) is 17.1. The molecule has 1 amide bonds. The van der Waals surface area contributed by atoms with Crippen LogP contribution in [0.2, 0.25) is 0 Å². The van der Waals surface area contributed by atoms with Crippen LogP contribution in [0.5, 0.6) is 0 Å². The zero-order valence-corrected chi connectivity index (χ0v) is 19.3. The number of rotatable bonds is 4. The van der Waals surface area contributed by atoms with E-state index in [-0.39, 0.29) is 29.9 Å². The molecule has 0 aromatic heterocycles. The molecule has 2 atom stereocenters. The van der Waals surface area contributed by atoms with Crippen LogP contribution >= 0.6 is 0 Å². The highest BCUT2D eigenvalue weighted by Gasteiger charge is 2.39. The van der Waals surface area contributed by atoms with Gasteiger partial charge in [-0.25, -0.2) is 9.18 Å². The normalized spacial score (nSPS) is 20.6. The number of piperidine rings is 1. The maximum Gasteiger partial charge on any atom is 0.410 e. The van der Waals surface area contributed by atoms with Gasteiger partial charge < -0.3 is 4.74 Å². The van der Waals surface area contributed by atoms with Crippen molar-refractivity contribution in [2.24, 2.45) is 0 Å². The van der Waals surface area contributed by atoms with Crippen LogP contribution in [0, 0.1) is 5.82 Å². The van der Waals surface area contributed by atoms with Crippen molar-refractivity contribution in [3.05, 3.63) is 101 Å². The maximum absolute atomic E-state index is 14.0. The Morgan fingerprint density at radius 2 is 1.69 bits per heavy atom. The van der Waals surface area contributed by atoms with E-state index in [2.05, 4.69) is 24.3 Å². The molecule has 6 rings (SSSR count). The molecule has 3 aromatic carbocycles. The molecule has 5 heteroatoms. The fourth-order valence-electron chi connectivity index (χ4n) is 6.09. The van der Waals surface area contributed by atoms with Crippen molar-refractivity contribution in [3.63, 3.8) is 0 Å². The highest BCUT2D eigenvalue weighted by atomic mass is 19.1. The van der Waals surface area contributed by atoms with Gasteiger partial charge in [-0.2, -0.15) is 0 Å². The van der Waals surface area contributed by atoms with Gasteiger partial charge in [-0.1, -0.05) is 54.6 Å². The second kappa shape index (κ2) is 8.81. The van der Waals surface area contributed by atoms with Gasteiger partial charge in [-0.15, -0.1) is 0 Å². The maximum atomic E-state index is 14.0. The number of benzene rings is 3. The number of aldehydes is 1. The summed E-state index contributed by atoms with van der Waals surface area (Å²) in [5, 5.41) is 0. The standard InChI is InChI=1S/C30H26FNO3/c31-21-13-12-19(17-33)28(16-21)20-14-22-6-5-7-23(15-20)32(22)30(34)35-18-29-26-10-3-1-8-24(26)25-9-2-4-11-27(25)29/h1-4,8-14,16-17,22-23,29H,5-7,15,18H2. The van der Waals surface area contributed by atoms with E-state index < -0.39 is 0 Å². The molecule has 3 aromatic rings. The lowest BCUT2D eigenvalue weighted by molar-refractivity contribution is 0.0538. The van der Waals surface area contributed by atoms with Crippen LogP contribution in [0.15, 0.2) is 72.8 Å². The van der Waals surface area contributed by atoms with Crippen molar-refractivity contribution in [2.75, 3.05) is 6.61 Å². The first-order valence-electron chi connectivity index (χ1n) is 12.2. The summed E-state index contributed by atoms with van der Waals surface area (Å²) in [5.41, 5.74) is 6.82. The summed E-state index contributed by atoms with van der Waals surface area (Å²) in [5.74, 6) is -0.347. The molecule has 2 unspecified atom stereocenters. The molecule has 35 heavy (non-hydrogen) atoms. The van der Waals surface area contributed by atoms with Gasteiger partial charge >= 0.3 is 6.09 Å². The quantitative estimate of drug-likeness (QED) is 0.406. The third-order valence-electron chi connectivity index (χ3n) is 7.67. The monoisotopic (exact) mass is 467 g/mol. The van der Waals surface area contributed by atoms with E-state index in [1.807, 2.05) is 35.2 Å². The molecule has 0 saturated carbocycles. The number of hydrogen-bond acceptors (Lipinski definition) is 3. The Morgan fingerprint density at radius 1 is 0.971 bits per heavy atom. The van der Waals surface area contributed by atoms with E-state index in [9.17, 15) is 14.0 Å². The number of carbonyl (C=O) groups excluding carboxylic acids is 2. The average molecular weight is 468 g/mol. The predicted octanol–water partition coefficient (Wildman–Crippen LogP) is 6.60.